The van der Waals surface area contributed by atoms with E-state index in [9.17, 15) is 0 Å². The molecule has 0 spiro atoms. The molecule has 0 fully saturated rings. The van der Waals surface area contributed by atoms with Crippen molar-refractivity contribution >= 4 is 28.5 Å². The highest BCUT2D eigenvalue weighted by Gasteiger charge is 2.09. The summed E-state index contributed by atoms with van der Waals surface area (Å²) in [5.41, 5.74) is 1.03. The molecule has 0 bridgehead atoms. The third kappa shape index (κ3) is 5.01. The number of aliphatic imine (C=N–C) groups is 1. The second kappa shape index (κ2) is 8.40. The first-order valence-corrected chi connectivity index (χ1v) is 8.39. The maximum atomic E-state index is 5.72. The van der Waals surface area contributed by atoms with Crippen molar-refractivity contribution in [2.45, 2.75) is 25.7 Å². The fourth-order valence-electron chi connectivity index (χ4n) is 1.94. The van der Waals surface area contributed by atoms with Crippen LogP contribution in [0.2, 0.25) is 0 Å². The lowest BCUT2D eigenvalue weighted by atomic mass is 10.2. The zero-order valence-electron chi connectivity index (χ0n) is 11.1. The van der Waals surface area contributed by atoms with Gasteiger partial charge in [0.05, 0.1) is 13.2 Å². The van der Waals surface area contributed by atoms with Crippen molar-refractivity contribution in [3.8, 4) is 5.75 Å². The fraction of sp³-hybridized carbons (Fsp3) is 0.533. The van der Waals surface area contributed by atoms with Crippen molar-refractivity contribution in [3.05, 3.63) is 29.8 Å². The van der Waals surface area contributed by atoms with E-state index in [0.29, 0.717) is 6.61 Å². The second-order valence-electron chi connectivity index (χ2n) is 4.51. The number of nitrogens with zero attached hydrogens (tertiary/aromatic N) is 1. The van der Waals surface area contributed by atoms with Crippen LogP contribution in [0.1, 0.15) is 31.2 Å². The van der Waals surface area contributed by atoms with Crippen molar-refractivity contribution in [1.82, 2.24) is 0 Å². The molecule has 0 radical (unpaired) electrons. The van der Waals surface area contributed by atoms with E-state index < -0.39 is 0 Å². The summed E-state index contributed by atoms with van der Waals surface area (Å²) in [5.74, 6) is 1.68. The largest absolute Gasteiger partial charge is 0.494 e. The van der Waals surface area contributed by atoms with Gasteiger partial charge < -0.3 is 9.47 Å². The summed E-state index contributed by atoms with van der Waals surface area (Å²) in [6.07, 6.45) is 5.01. The third-order valence-electron chi connectivity index (χ3n) is 2.98. The molecule has 0 saturated carbocycles. The number of unbranched alkanes of at least 4 members (excludes halogenated alkanes) is 3. The Balaban J connectivity index is 1.70. The van der Waals surface area contributed by atoms with Gasteiger partial charge in [0.25, 0.3) is 0 Å². The van der Waals surface area contributed by atoms with Crippen molar-refractivity contribution in [2.75, 3.05) is 24.2 Å². The number of hydrogen-bond acceptors (Lipinski definition) is 3. The lowest BCUT2D eigenvalue weighted by Gasteiger charge is -2.07. The van der Waals surface area contributed by atoms with Crippen LogP contribution < -0.4 is 4.74 Å². The van der Waals surface area contributed by atoms with Crippen LogP contribution in [0.4, 0.5) is 0 Å². The maximum Gasteiger partial charge on any atom is 0.216 e. The Morgan fingerprint density at radius 2 is 1.89 bits per heavy atom. The molecular weight excluding hydrogens is 353 g/mol. The number of halogens is 1. The van der Waals surface area contributed by atoms with Crippen LogP contribution in [0.15, 0.2) is 29.3 Å². The Morgan fingerprint density at radius 3 is 2.58 bits per heavy atom. The normalized spacial score (nSPS) is 14.1. The number of ether oxygens (including phenoxy) is 2. The molecule has 1 aromatic carbocycles. The summed E-state index contributed by atoms with van der Waals surface area (Å²) < 4.78 is 12.4. The van der Waals surface area contributed by atoms with Gasteiger partial charge in [0.1, 0.15) is 12.4 Å². The van der Waals surface area contributed by atoms with Crippen LogP contribution in [0.3, 0.4) is 0 Å². The topological polar surface area (TPSA) is 30.8 Å². The van der Waals surface area contributed by atoms with E-state index in [0.717, 1.165) is 36.8 Å². The second-order valence-corrected chi connectivity index (χ2v) is 5.59. The lowest BCUT2D eigenvalue weighted by Crippen LogP contribution is -2.01. The van der Waals surface area contributed by atoms with Crippen molar-refractivity contribution < 1.29 is 9.47 Å². The highest BCUT2D eigenvalue weighted by Crippen LogP contribution is 2.15. The van der Waals surface area contributed by atoms with Gasteiger partial charge in [0.2, 0.25) is 5.90 Å². The molecule has 4 heteroatoms. The predicted molar refractivity (Wildman–Crippen MR) is 86.6 cm³/mol. The first kappa shape index (κ1) is 14.6. The molecule has 19 heavy (non-hydrogen) atoms. The highest BCUT2D eigenvalue weighted by atomic mass is 127. The molecular formula is C15H20INO2. The zero-order valence-corrected chi connectivity index (χ0v) is 13.3. The van der Waals surface area contributed by atoms with Gasteiger partial charge in [-0.05, 0) is 41.5 Å². The molecule has 2 rings (SSSR count). The Labute approximate surface area is 128 Å². The number of benzene rings is 1. The van der Waals surface area contributed by atoms with Crippen LogP contribution in [-0.4, -0.2) is 30.1 Å². The number of hydrogen-bond donors (Lipinski definition) is 0. The van der Waals surface area contributed by atoms with Gasteiger partial charge in [-0.2, -0.15) is 0 Å². The van der Waals surface area contributed by atoms with E-state index in [2.05, 4.69) is 27.6 Å². The van der Waals surface area contributed by atoms with Crippen molar-refractivity contribution in [2.24, 2.45) is 4.99 Å². The van der Waals surface area contributed by atoms with Crippen LogP contribution in [0.25, 0.3) is 0 Å². The quantitative estimate of drug-likeness (QED) is 0.394. The maximum absolute atomic E-state index is 5.72. The molecule has 0 amide bonds. The van der Waals surface area contributed by atoms with E-state index in [4.69, 9.17) is 9.47 Å². The molecule has 0 atom stereocenters. The Kier molecular flexibility index (Phi) is 6.47. The van der Waals surface area contributed by atoms with Gasteiger partial charge in [-0.1, -0.05) is 35.4 Å². The summed E-state index contributed by atoms with van der Waals surface area (Å²) in [4.78, 5) is 4.29. The van der Waals surface area contributed by atoms with Gasteiger partial charge in [0.15, 0.2) is 0 Å². The lowest BCUT2D eigenvalue weighted by molar-refractivity contribution is 0.305. The van der Waals surface area contributed by atoms with E-state index in [1.165, 1.54) is 23.7 Å². The molecule has 0 aliphatic carbocycles. The molecule has 3 nitrogen and oxygen atoms in total. The summed E-state index contributed by atoms with van der Waals surface area (Å²) in [7, 11) is 0. The van der Waals surface area contributed by atoms with Crippen LogP contribution in [-0.2, 0) is 4.74 Å². The molecule has 104 valence electrons. The Morgan fingerprint density at radius 1 is 1.11 bits per heavy atom. The molecule has 0 aromatic heterocycles. The molecule has 1 aliphatic heterocycles. The molecule has 1 heterocycles. The van der Waals surface area contributed by atoms with Gasteiger partial charge in [-0.3, -0.25) is 0 Å². The molecule has 1 aromatic rings. The monoisotopic (exact) mass is 373 g/mol. The summed E-state index contributed by atoms with van der Waals surface area (Å²) >= 11 is 2.43. The van der Waals surface area contributed by atoms with Crippen LogP contribution >= 0.6 is 22.6 Å². The highest BCUT2D eigenvalue weighted by molar-refractivity contribution is 14.1. The number of alkyl halides is 1. The average molecular weight is 373 g/mol. The minimum atomic E-state index is 0.699. The third-order valence-corrected chi connectivity index (χ3v) is 3.75. The smallest absolute Gasteiger partial charge is 0.216 e. The first-order valence-electron chi connectivity index (χ1n) is 6.86. The van der Waals surface area contributed by atoms with E-state index in [1.54, 1.807) is 0 Å². The fourth-order valence-corrected chi connectivity index (χ4v) is 2.48. The molecule has 0 N–H and O–H groups in total. The molecule has 0 unspecified atom stereocenters. The molecule has 0 saturated heterocycles. The minimum absolute atomic E-state index is 0.699. The van der Waals surface area contributed by atoms with Crippen molar-refractivity contribution in [3.63, 3.8) is 0 Å². The molecule has 1 aliphatic rings. The average Bonchev–Trinajstić information content (AvgIpc) is 2.97. The summed E-state index contributed by atoms with van der Waals surface area (Å²) in [6.45, 7) is 2.27. The van der Waals surface area contributed by atoms with E-state index >= 15 is 0 Å². The zero-order chi connectivity index (χ0) is 13.3. The van der Waals surface area contributed by atoms with Crippen LogP contribution in [0, 0.1) is 0 Å². The van der Waals surface area contributed by atoms with Gasteiger partial charge >= 0.3 is 0 Å². The first-order chi connectivity index (χ1) is 9.40. The van der Waals surface area contributed by atoms with E-state index in [1.807, 2.05) is 24.3 Å². The number of rotatable bonds is 8. The Bertz CT molecular complexity index is 403. The SMILES string of the molecule is ICCCCCCOc1ccc(C2=NCCO2)cc1. The van der Waals surface area contributed by atoms with E-state index in [-0.39, 0.29) is 0 Å². The predicted octanol–water partition coefficient (Wildman–Crippen LogP) is 3.84. The standard InChI is InChI=1S/C15H20INO2/c16-9-3-1-2-4-11-18-14-7-5-13(6-8-14)15-17-10-12-19-15/h5-8H,1-4,9-12H2. The summed E-state index contributed by atoms with van der Waals surface area (Å²) in [5, 5.41) is 0. The minimum Gasteiger partial charge on any atom is -0.494 e. The van der Waals surface area contributed by atoms with Gasteiger partial charge in [0, 0.05) is 5.56 Å². The Hall–Kier alpha value is -0.780. The van der Waals surface area contributed by atoms with Gasteiger partial charge in [-0.25, -0.2) is 4.99 Å². The van der Waals surface area contributed by atoms with Crippen molar-refractivity contribution in [1.29, 1.82) is 0 Å². The summed E-state index contributed by atoms with van der Waals surface area (Å²) in [6, 6.07) is 8.00. The van der Waals surface area contributed by atoms with Gasteiger partial charge in [-0.15, -0.1) is 0 Å². The van der Waals surface area contributed by atoms with Crippen LogP contribution in [0.5, 0.6) is 5.75 Å².